The van der Waals surface area contributed by atoms with Crippen LogP contribution in [-0.2, 0) is 0 Å². The molecule has 0 aliphatic heterocycles. The lowest BCUT2D eigenvalue weighted by atomic mass is 9.90. The molecule has 0 aliphatic carbocycles. The Labute approximate surface area is 116 Å². The van der Waals surface area contributed by atoms with Crippen LogP contribution in [-0.4, -0.2) is 22.8 Å². The van der Waals surface area contributed by atoms with E-state index in [1.54, 1.807) is 0 Å². The van der Waals surface area contributed by atoms with Gasteiger partial charge >= 0.3 is 5.88 Å². The van der Waals surface area contributed by atoms with Crippen molar-refractivity contribution in [2.24, 2.45) is 5.41 Å². The number of amides is 1. The molecule has 19 heavy (non-hydrogen) atoms. The summed E-state index contributed by atoms with van der Waals surface area (Å²) in [6.07, 6.45) is 0.743. The molecule has 0 aliphatic rings. The highest BCUT2D eigenvalue weighted by Gasteiger charge is 2.20. The fourth-order valence-corrected chi connectivity index (χ4v) is 2.12. The second-order valence-corrected chi connectivity index (χ2v) is 6.08. The highest BCUT2D eigenvalue weighted by atomic mass is 35.5. The lowest BCUT2D eigenvalue weighted by Gasteiger charge is -2.21. The van der Waals surface area contributed by atoms with E-state index in [0.717, 1.165) is 12.5 Å². The maximum atomic E-state index is 11.7. The number of hydrogen-bond donors (Lipinski definition) is 1. The summed E-state index contributed by atoms with van der Waals surface area (Å²) in [7, 11) is 0. The predicted octanol–water partition coefficient (Wildman–Crippen LogP) is 2.96. The summed E-state index contributed by atoms with van der Waals surface area (Å²) < 4.78 is 4.79. The highest BCUT2D eigenvalue weighted by Crippen LogP contribution is 2.23. The molecule has 0 bridgehead atoms. The first kappa shape index (κ1) is 15.5. The van der Waals surface area contributed by atoms with Gasteiger partial charge in [-0.15, -0.1) is 11.6 Å². The van der Waals surface area contributed by atoms with E-state index in [-0.39, 0.29) is 23.1 Å². The number of alkyl halides is 1. The summed E-state index contributed by atoms with van der Waals surface area (Å²) in [5.74, 6) is -1.05. The molecule has 0 aromatic carbocycles. The van der Waals surface area contributed by atoms with Gasteiger partial charge in [-0.25, -0.2) is 0 Å². The molecule has 1 atom stereocenters. The Morgan fingerprint density at radius 3 is 2.63 bits per heavy atom. The number of halogens is 1. The van der Waals surface area contributed by atoms with Crippen LogP contribution < -0.4 is 5.32 Å². The number of nitrogens with zero attached hydrogens (tertiary/aromatic N) is 1. The summed E-state index contributed by atoms with van der Waals surface area (Å²) in [6, 6.07) is 2.41. The van der Waals surface area contributed by atoms with Crippen molar-refractivity contribution in [2.75, 3.05) is 6.54 Å². The average Bonchev–Trinajstić information content (AvgIpc) is 2.72. The van der Waals surface area contributed by atoms with Gasteiger partial charge in [0.05, 0.1) is 11.4 Å². The smallest absolute Gasteiger partial charge is 0.395 e. The molecule has 1 N–H and O–H groups in total. The number of hydrogen-bond acceptors (Lipinski definition) is 4. The van der Waals surface area contributed by atoms with Crippen LogP contribution in [0.4, 0.5) is 5.88 Å². The average molecular weight is 289 g/mol. The highest BCUT2D eigenvalue weighted by molar-refractivity contribution is 6.21. The summed E-state index contributed by atoms with van der Waals surface area (Å²) >= 11 is 6.10. The van der Waals surface area contributed by atoms with Gasteiger partial charge in [0, 0.05) is 6.54 Å². The Morgan fingerprint density at radius 1 is 1.53 bits per heavy atom. The van der Waals surface area contributed by atoms with Gasteiger partial charge in [-0.3, -0.25) is 14.9 Å². The van der Waals surface area contributed by atoms with Gasteiger partial charge in [-0.2, -0.15) is 0 Å². The molecule has 1 aromatic rings. The second kappa shape index (κ2) is 6.06. The topological polar surface area (TPSA) is 85.4 Å². The van der Waals surface area contributed by atoms with E-state index in [1.165, 1.54) is 6.07 Å². The van der Waals surface area contributed by atoms with E-state index in [4.69, 9.17) is 16.0 Å². The van der Waals surface area contributed by atoms with E-state index >= 15 is 0 Å². The van der Waals surface area contributed by atoms with Crippen LogP contribution in [0, 0.1) is 15.5 Å². The van der Waals surface area contributed by atoms with Crippen molar-refractivity contribution in [3.05, 3.63) is 28.0 Å². The van der Waals surface area contributed by atoms with Crippen LogP contribution in [0.2, 0.25) is 0 Å². The molecule has 6 nitrogen and oxygen atoms in total. The fourth-order valence-electron chi connectivity index (χ4n) is 1.58. The van der Waals surface area contributed by atoms with Crippen molar-refractivity contribution in [3.63, 3.8) is 0 Å². The van der Waals surface area contributed by atoms with E-state index in [1.807, 2.05) is 0 Å². The quantitative estimate of drug-likeness (QED) is 0.513. The Morgan fingerprint density at radius 2 is 2.16 bits per heavy atom. The molecule has 0 spiro atoms. The molecule has 0 saturated heterocycles. The minimum absolute atomic E-state index is 0.0701. The van der Waals surface area contributed by atoms with Crippen LogP contribution in [0.5, 0.6) is 0 Å². The monoisotopic (exact) mass is 288 g/mol. The van der Waals surface area contributed by atoms with Crippen molar-refractivity contribution in [2.45, 2.75) is 32.6 Å². The van der Waals surface area contributed by atoms with Gasteiger partial charge in [0.1, 0.15) is 4.92 Å². The molecule has 0 radical (unpaired) electrons. The molecule has 7 heteroatoms. The normalized spacial score (nSPS) is 13.1. The lowest BCUT2D eigenvalue weighted by Crippen LogP contribution is -2.31. The Bertz CT molecular complexity index is 465. The number of furan rings is 1. The molecule has 0 saturated carbocycles. The van der Waals surface area contributed by atoms with Crippen molar-refractivity contribution in [1.82, 2.24) is 5.32 Å². The third-order valence-corrected chi connectivity index (χ3v) is 2.62. The molecular formula is C12H17ClN2O4. The van der Waals surface area contributed by atoms with Crippen LogP contribution in [0.25, 0.3) is 0 Å². The number of rotatable bonds is 5. The lowest BCUT2D eigenvalue weighted by molar-refractivity contribution is -0.402. The van der Waals surface area contributed by atoms with E-state index < -0.39 is 16.7 Å². The Kier molecular flexibility index (Phi) is 4.94. The first-order valence-corrected chi connectivity index (χ1v) is 6.29. The standard InChI is InChI=1S/C12H17ClN2O4/c1-12(2,3)6-8(13)7-14-11(16)9-4-5-10(19-9)15(17)18/h4-5,8H,6-7H2,1-3H3,(H,14,16). The Hall–Kier alpha value is -1.56. The van der Waals surface area contributed by atoms with Crippen molar-refractivity contribution in [1.29, 1.82) is 0 Å². The van der Waals surface area contributed by atoms with Gasteiger partial charge in [-0.1, -0.05) is 20.8 Å². The first-order chi connectivity index (χ1) is 8.69. The summed E-state index contributed by atoms with van der Waals surface area (Å²) in [6.45, 7) is 6.45. The molecule has 106 valence electrons. The van der Waals surface area contributed by atoms with Gasteiger partial charge < -0.3 is 9.73 Å². The minimum atomic E-state index is -0.694. The Balaban J connectivity index is 2.49. The van der Waals surface area contributed by atoms with E-state index in [9.17, 15) is 14.9 Å². The third-order valence-electron chi connectivity index (χ3n) is 2.31. The van der Waals surface area contributed by atoms with Crippen LogP contribution in [0.1, 0.15) is 37.7 Å². The SMILES string of the molecule is CC(C)(C)CC(Cl)CNC(=O)c1ccc([N+](=O)[O-])o1. The first-order valence-electron chi connectivity index (χ1n) is 5.85. The van der Waals surface area contributed by atoms with Gasteiger partial charge in [-0.05, 0) is 17.9 Å². The van der Waals surface area contributed by atoms with Crippen molar-refractivity contribution >= 4 is 23.4 Å². The maximum Gasteiger partial charge on any atom is 0.433 e. The van der Waals surface area contributed by atoms with Gasteiger partial charge in [0.2, 0.25) is 0 Å². The van der Waals surface area contributed by atoms with Crippen molar-refractivity contribution in [3.8, 4) is 0 Å². The largest absolute Gasteiger partial charge is 0.433 e. The zero-order valence-corrected chi connectivity index (χ0v) is 11.9. The van der Waals surface area contributed by atoms with Crippen molar-refractivity contribution < 1.29 is 14.1 Å². The molecular weight excluding hydrogens is 272 g/mol. The third kappa shape index (κ3) is 5.30. The molecule has 0 fully saturated rings. The number of nitrogens with one attached hydrogen (secondary N) is 1. The van der Waals surface area contributed by atoms with Gasteiger partial charge in [0.25, 0.3) is 5.91 Å². The predicted molar refractivity (Wildman–Crippen MR) is 71.4 cm³/mol. The second-order valence-electron chi connectivity index (χ2n) is 5.47. The van der Waals surface area contributed by atoms with Crippen LogP contribution >= 0.6 is 11.6 Å². The van der Waals surface area contributed by atoms with Crippen LogP contribution in [0.15, 0.2) is 16.5 Å². The van der Waals surface area contributed by atoms with E-state index in [0.29, 0.717) is 0 Å². The summed E-state index contributed by atoms with van der Waals surface area (Å²) in [5.41, 5.74) is 0.0701. The number of carbonyl (C=O) groups excluding carboxylic acids is 1. The maximum absolute atomic E-state index is 11.7. The molecule has 1 amide bonds. The summed E-state index contributed by atoms with van der Waals surface area (Å²) in [5, 5.41) is 12.8. The zero-order valence-electron chi connectivity index (χ0n) is 11.1. The number of nitro groups is 1. The molecule has 1 aromatic heterocycles. The van der Waals surface area contributed by atoms with E-state index in [2.05, 4.69) is 26.1 Å². The summed E-state index contributed by atoms with van der Waals surface area (Å²) in [4.78, 5) is 21.4. The zero-order chi connectivity index (χ0) is 14.6. The van der Waals surface area contributed by atoms with Gasteiger partial charge in [0.15, 0.2) is 5.76 Å². The number of carbonyl (C=O) groups is 1. The molecule has 1 unspecified atom stereocenters. The van der Waals surface area contributed by atoms with Crippen LogP contribution in [0.3, 0.4) is 0 Å². The fraction of sp³-hybridized carbons (Fsp3) is 0.583. The minimum Gasteiger partial charge on any atom is -0.395 e. The molecule has 1 heterocycles. The molecule has 1 rings (SSSR count).